The molecule has 0 aromatic carbocycles. The summed E-state index contributed by atoms with van der Waals surface area (Å²) in [6.45, 7) is 6.20. The third-order valence-corrected chi connectivity index (χ3v) is 8.49. The second kappa shape index (κ2) is 42.1. The summed E-state index contributed by atoms with van der Waals surface area (Å²) in [4.78, 5) is 37.5. The number of hydrogen-bond acceptors (Lipinski definition) is 6. The first-order chi connectivity index (χ1) is 26.5. The molecule has 0 aromatic heterocycles. The molecule has 0 N–H and O–H groups in total. The minimum atomic E-state index is -0.826. The van der Waals surface area contributed by atoms with Crippen LogP contribution in [0.25, 0.3) is 0 Å². The third kappa shape index (κ3) is 39.5. The molecule has 0 radical (unpaired) electrons. The maximum Gasteiger partial charge on any atom is 0.309 e. The fourth-order valence-electron chi connectivity index (χ4n) is 5.35. The van der Waals surface area contributed by atoms with Crippen molar-refractivity contribution in [2.45, 2.75) is 175 Å². The van der Waals surface area contributed by atoms with Gasteiger partial charge in [-0.2, -0.15) is 0 Å². The molecule has 304 valence electrons. The summed E-state index contributed by atoms with van der Waals surface area (Å²) < 4.78 is 16.5. The van der Waals surface area contributed by atoms with Crippen molar-refractivity contribution in [3.8, 4) is 0 Å². The topological polar surface area (TPSA) is 78.9 Å². The zero-order valence-electron chi connectivity index (χ0n) is 34.4. The Morgan fingerprint density at radius 3 is 1.44 bits per heavy atom. The molecule has 0 saturated heterocycles. The maximum absolute atomic E-state index is 12.7. The van der Waals surface area contributed by atoms with Crippen molar-refractivity contribution in [3.05, 3.63) is 97.2 Å². The molecule has 6 heteroatoms. The summed E-state index contributed by atoms with van der Waals surface area (Å²) in [7, 11) is 0. The highest BCUT2D eigenvalue weighted by molar-refractivity contribution is 5.72. The zero-order valence-corrected chi connectivity index (χ0v) is 34.4. The van der Waals surface area contributed by atoms with E-state index in [-0.39, 0.29) is 31.6 Å². The number of esters is 3. The number of hydrogen-bond donors (Lipinski definition) is 0. The van der Waals surface area contributed by atoms with Gasteiger partial charge in [0, 0.05) is 12.8 Å². The number of unbranched alkanes of at least 4 members (excludes halogenated alkanes) is 14. The van der Waals surface area contributed by atoms with Crippen LogP contribution in [0, 0.1) is 0 Å². The fourth-order valence-corrected chi connectivity index (χ4v) is 5.35. The van der Waals surface area contributed by atoms with E-state index in [0.717, 1.165) is 70.6 Å². The van der Waals surface area contributed by atoms with Gasteiger partial charge in [-0.3, -0.25) is 14.4 Å². The Labute approximate surface area is 330 Å². The first-order valence-electron chi connectivity index (χ1n) is 21.3. The summed E-state index contributed by atoms with van der Waals surface area (Å²) in [6.07, 6.45) is 54.2. The number of carbonyl (C=O) groups excluding carboxylic acids is 3. The molecule has 0 aliphatic carbocycles. The Hall–Kier alpha value is -3.67. The summed E-state index contributed by atoms with van der Waals surface area (Å²) in [5, 5.41) is 0. The van der Waals surface area contributed by atoms with Crippen LogP contribution < -0.4 is 0 Å². The van der Waals surface area contributed by atoms with Crippen LogP contribution in [0.15, 0.2) is 97.2 Å². The molecule has 0 heterocycles. The summed E-state index contributed by atoms with van der Waals surface area (Å²) in [5.41, 5.74) is 0. The van der Waals surface area contributed by atoms with Crippen molar-refractivity contribution in [1.82, 2.24) is 0 Å². The van der Waals surface area contributed by atoms with Gasteiger partial charge < -0.3 is 14.2 Å². The Morgan fingerprint density at radius 2 is 0.870 bits per heavy atom. The molecule has 54 heavy (non-hydrogen) atoms. The van der Waals surface area contributed by atoms with Crippen LogP contribution in [-0.2, 0) is 28.6 Å². The monoisotopic (exact) mass is 749 g/mol. The van der Waals surface area contributed by atoms with Gasteiger partial charge in [-0.15, -0.1) is 0 Å². The minimum Gasteiger partial charge on any atom is -0.462 e. The highest BCUT2D eigenvalue weighted by atomic mass is 16.6. The molecule has 0 spiro atoms. The summed E-state index contributed by atoms with van der Waals surface area (Å²) >= 11 is 0. The maximum atomic E-state index is 12.7. The van der Waals surface area contributed by atoms with E-state index in [1.165, 1.54) is 57.8 Å². The van der Waals surface area contributed by atoms with Crippen LogP contribution in [0.4, 0.5) is 0 Å². The molecule has 0 amide bonds. The van der Waals surface area contributed by atoms with Crippen LogP contribution in [0.1, 0.15) is 168 Å². The molecule has 0 fully saturated rings. The van der Waals surface area contributed by atoms with Crippen LogP contribution in [0.2, 0.25) is 0 Å². The van der Waals surface area contributed by atoms with E-state index in [4.69, 9.17) is 14.2 Å². The Morgan fingerprint density at radius 1 is 0.426 bits per heavy atom. The molecular formula is C48H76O6. The molecule has 1 unspecified atom stereocenters. The molecule has 0 saturated carbocycles. The average molecular weight is 749 g/mol. The molecule has 0 rings (SSSR count). The highest BCUT2D eigenvalue weighted by Gasteiger charge is 2.19. The first kappa shape index (κ1) is 50.3. The number of allylic oxidation sites excluding steroid dienone is 15. The molecule has 1 atom stereocenters. The third-order valence-electron chi connectivity index (χ3n) is 8.49. The largest absolute Gasteiger partial charge is 0.462 e. The van der Waals surface area contributed by atoms with Gasteiger partial charge in [0.15, 0.2) is 6.10 Å². The predicted octanol–water partition coefficient (Wildman–Crippen LogP) is 13.5. The molecule has 0 aromatic rings. The number of ether oxygens (including phenoxy) is 3. The number of carbonyl (C=O) groups is 3. The standard InChI is InChI=1S/C48H76O6/c1-4-7-10-13-16-19-21-23-24-25-27-29-32-35-38-41-47(50)53-44-45(43-52-46(49)40-37-34-31-28-18-15-12-9-6-3)54-48(51)42-39-36-33-30-26-22-20-17-14-11-8-5-2/h7,9-10,12-13,16,18-19,21,23-25,27-28,34,37,45H,4-6,8,11,14-15,17,20,22,26,29-33,35-36,38-44H2,1-3H3/b10-7-,12-9-,16-13-,21-19-,24-23-,27-25-,28-18-,37-34-. The Kier molecular flexibility index (Phi) is 39.2. The van der Waals surface area contributed by atoms with E-state index < -0.39 is 12.1 Å². The van der Waals surface area contributed by atoms with Crippen molar-refractivity contribution in [2.75, 3.05) is 13.2 Å². The van der Waals surface area contributed by atoms with Crippen molar-refractivity contribution >= 4 is 17.9 Å². The van der Waals surface area contributed by atoms with Crippen LogP contribution in [0.5, 0.6) is 0 Å². The van der Waals surface area contributed by atoms with E-state index >= 15 is 0 Å². The SMILES string of the molecule is CC\C=C/C=C\C=C/C=C\C=C/CCCCCC(=O)OCC(COC(=O)C/C=C\C/C=C\C/C=C\CC)OC(=O)CCCCCCCCCCCCCC. The average Bonchev–Trinajstić information content (AvgIpc) is 3.17. The Bertz CT molecular complexity index is 1140. The molecule has 0 aliphatic heterocycles. The quantitative estimate of drug-likeness (QED) is 0.0209. The second-order valence-corrected chi connectivity index (χ2v) is 13.6. The van der Waals surface area contributed by atoms with E-state index in [0.29, 0.717) is 12.8 Å². The van der Waals surface area contributed by atoms with E-state index in [1.807, 2.05) is 54.7 Å². The van der Waals surface area contributed by atoms with E-state index in [2.05, 4.69) is 57.2 Å². The summed E-state index contributed by atoms with van der Waals surface area (Å²) in [6, 6.07) is 0. The summed E-state index contributed by atoms with van der Waals surface area (Å²) in [5.74, 6) is -1.10. The van der Waals surface area contributed by atoms with Gasteiger partial charge in [-0.25, -0.2) is 0 Å². The lowest BCUT2D eigenvalue weighted by Gasteiger charge is -2.18. The van der Waals surface area contributed by atoms with Crippen LogP contribution in [-0.4, -0.2) is 37.2 Å². The van der Waals surface area contributed by atoms with Gasteiger partial charge in [-0.05, 0) is 51.4 Å². The number of rotatable bonds is 36. The van der Waals surface area contributed by atoms with Crippen molar-refractivity contribution in [2.24, 2.45) is 0 Å². The lowest BCUT2D eigenvalue weighted by molar-refractivity contribution is -0.166. The predicted molar refractivity (Wildman–Crippen MR) is 228 cm³/mol. The molecule has 6 nitrogen and oxygen atoms in total. The normalized spacial score (nSPS) is 13.0. The van der Waals surface area contributed by atoms with E-state index in [1.54, 1.807) is 6.08 Å². The van der Waals surface area contributed by atoms with Gasteiger partial charge in [0.2, 0.25) is 0 Å². The molecule has 0 aliphatic rings. The lowest BCUT2D eigenvalue weighted by Crippen LogP contribution is -2.30. The van der Waals surface area contributed by atoms with Gasteiger partial charge in [0.1, 0.15) is 13.2 Å². The van der Waals surface area contributed by atoms with E-state index in [9.17, 15) is 14.4 Å². The van der Waals surface area contributed by atoms with Crippen LogP contribution in [0.3, 0.4) is 0 Å². The molecular weight excluding hydrogens is 673 g/mol. The first-order valence-corrected chi connectivity index (χ1v) is 21.3. The van der Waals surface area contributed by atoms with Crippen molar-refractivity contribution in [1.29, 1.82) is 0 Å². The van der Waals surface area contributed by atoms with Crippen molar-refractivity contribution in [3.63, 3.8) is 0 Å². The highest BCUT2D eigenvalue weighted by Crippen LogP contribution is 2.13. The van der Waals surface area contributed by atoms with Gasteiger partial charge in [0.25, 0.3) is 0 Å². The lowest BCUT2D eigenvalue weighted by atomic mass is 10.0. The molecule has 0 bridgehead atoms. The van der Waals surface area contributed by atoms with Gasteiger partial charge in [-0.1, -0.05) is 195 Å². The second-order valence-electron chi connectivity index (χ2n) is 13.6. The minimum absolute atomic E-state index is 0.125. The fraction of sp³-hybridized carbons (Fsp3) is 0.604. The van der Waals surface area contributed by atoms with Crippen molar-refractivity contribution < 1.29 is 28.6 Å². The van der Waals surface area contributed by atoms with Gasteiger partial charge >= 0.3 is 17.9 Å². The van der Waals surface area contributed by atoms with Crippen LogP contribution >= 0.6 is 0 Å². The Balaban J connectivity index is 4.54. The zero-order chi connectivity index (χ0) is 39.4. The van der Waals surface area contributed by atoms with Gasteiger partial charge in [0.05, 0.1) is 6.42 Å². The smallest absolute Gasteiger partial charge is 0.309 e.